The molecule has 0 bridgehead atoms. The Balaban J connectivity index is 1.59. The summed E-state index contributed by atoms with van der Waals surface area (Å²) in [6.07, 6.45) is 6.92. The summed E-state index contributed by atoms with van der Waals surface area (Å²) in [6, 6.07) is 15.6. The molecule has 0 saturated carbocycles. The van der Waals surface area contributed by atoms with Gasteiger partial charge in [0.1, 0.15) is 5.75 Å². The Morgan fingerprint density at radius 1 is 1.18 bits per heavy atom. The van der Waals surface area contributed by atoms with Crippen molar-refractivity contribution >= 4 is 28.2 Å². The fraction of sp³-hybridized carbons (Fsp3) is 0.333. The minimum atomic E-state index is 0.659. The lowest BCUT2D eigenvalue weighted by Gasteiger charge is -2.31. The number of nitrogens with one attached hydrogen (secondary N) is 1. The van der Waals surface area contributed by atoms with E-state index in [2.05, 4.69) is 66.3 Å². The van der Waals surface area contributed by atoms with Crippen LogP contribution in [-0.2, 0) is 0 Å². The van der Waals surface area contributed by atoms with Crippen LogP contribution in [0.2, 0.25) is 0 Å². The van der Waals surface area contributed by atoms with Crippen molar-refractivity contribution in [3.05, 3.63) is 60.3 Å². The summed E-state index contributed by atoms with van der Waals surface area (Å²) in [5.41, 5.74) is 4.02. The number of rotatable bonds is 6. The number of benzene rings is 2. The van der Waals surface area contributed by atoms with Crippen LogP contribution in [0.25, 0.3) is 16.5 Å². The number of H-pyrrole nitrogens is 1. The molecule has 1 aromatic heterocycles. The molecule has 1 atom stereocenters. The molecule has 146 valence electrons. The van der Waals surface area contributed by atoms with Gasteiger partial charge in [0.05, 0.1) is 7.11 Å². The SMILES string of the molecule is CCC(C)N1CC=C(c2c[nH]c3ccc(Sc4cccc(OC)c4)cc23)CC1. The van der Waals surface area contributed by atoms with E-state index in [-0.39, 0.29) is 0 Å². The van der Waals surface area contributed by atoms with Gasteiger partial charge in [-0.15, -0.1) is 0 Å². The molecule has 0 spiro atoms. The van der Waals surface area contributed by atoms with Gasteiger partial charge in [0.2, 0.25) is 0 Å². The molecule has 0 fully saturated rings. The van der Waals surface area contributed by atoms with Crippen LogP contribution < -0.4 is 4.74 Å². The number of nitrogens with zero attached hydrogens (tertiary/aromatic N) is 1. The van der Waals surface area contributed by atoms with Crippen LogP contribution in [0.4, 0.5) is 0 Å². The first-order valence-corrected chi connectivity index (χ1v) is 10.9. The van der Waals surface area contributed by atoms with Gasteiger partial charge in [-0.25, -0.2) is 0 Å². The summed E-state index contributed by atoms with van der Waals surface area (Å²) in [6.45, 7) is 6.79. The van der Waals surface area contributed by atoms with Gasteiger partial charge < -0.3 is 9.72 Å². The van der Waals surface area contributed by atoms with Crippen LogP contribution in [0.3, 0.4) is 0 Å². The van der Waals surface area contributed by atoms with Crippen LogP contribution in [0.5, 0.6) is 5.75 Å². The second-order valence-corrected chi connectivity index (χ2v) is 8.57. The summed E-state index contributed by atoms with van der Waals surface area (Å²) in [7, 11) is 1.71. The lowest BCUT2D eigenvalue weighted by molar-refractivity contribution is 0.225. The number of aromatic amines is 1. The van der Waals surface area contributed by atoms with Gasteiger partial charge in [-0.2, -0.15) is 0 Å². The molecule has 1 N–H and O–H groups in total. The molecule has 1 aliphatic heterocycles. The predicted octanol–water partition coefficient (Wildman–Crippen LogP) is 6.22. The minimum Gasteiger partial charge on any atom is -0.497 e. The maximum atomic E-state index is 5.35. The third-order valence-electron chi connectivity index (χ3n) is 5.73. The summed E-state index contributed by atoms with van der Waals surface area (Å²) in [5, 5.41) is 1.32. The molecular formula is C24H28N2OS. The van der Waals surface area contributed by atoms with Gasteiger partial charge in [0.15, 0.2) is 0 Å². The smallest absolute Gasteiger partial charge is 0.119 e. The number of hydrogen-bond acceptors (Lipinski definition) is 3. The third-order valence-corrected chi connectivity index (χ3v) is 6.71. The van der Waals surface area contributed by atoms with Gasteiger partial charge >= 0.3 is 0 Å². The van der Waals surface area contributed by atoms with Crippen molar-refractivity contribution in [3.8, 4) is 5.75 Å². The molecule has 0 saturated heterocycles. The standard InChI is InChI=1S/C24H28N2OS/c1-4-17(2)26-12-10-18(11-13-26)23-16-25-24-9-8-21(15-22(23)24)28-20-7-5-6-19(14-20)27-3/h5-10,14-17,25H,4,11-13H2,1-3H3. The van der Waals surface area contributed by atoms with E-state index in [1.807, 2.05) is 12.1 Å². The van der Waals surface area contributed by atoms with Gasteiger partial charge in [-0.05, 0) is 61.7 Å². The number of ether oxygens (including phenoxy) is 1. The van der Waals surface area contributed by atoms with Crippen molar-refractivity contribution in [2.75, 3.05) is 20.2 Å². The van der Waals surface area contributed by atoms with E-state index >= 15 is 0 Å². The topological polar surface area (TPSA) is 28.3 Å². The Bertz CT molecular complexity index is 991. The van der Waals surface area contributed by atoms with Crippen LogP contribution in [0.15, 0.2) is 64.5 Å². The molecule has 0 amide bonds. The second-order valence-electron chi connectivity index (χ2n) is 7.42. The quantitative estimate of drug-likeness (QED) is 0.540. The average Bonchev–Trinajstić information content (AvgIpc) is 3.16. The molecule has 28 heavy (non-hydrogen) atoms. The molecule has 3 nitrogen and oxygen atoms in total. The van der Waals surface area contributed by atoms with Crippen molar-refractivity contribution in [1.82, 2.24) is 9.88 Å². The average molecular weight is 393 g/mol. The fourth-order valence-corrected chi connectivity index (χ4v) is 4.72. The van der Waals surface area contributed by atoms with E-state index in [4.69, 9.17) is 4.74 Å². The Morgan fingerprint density at radius 2 is 2.04 bits per heavy atom. The Labute approximate surface area is 171 Å². The highest BCUT2D eigenvalue weighted by atomic mass is 32.2. The third kappa shape index (κ3) is 3.98. The van der Waals surface area contributed by atoms with Crippen molar-refractivity contribution in [1.29, 1.82) is 0 Å². The van der Waals surface area contributed by atoms with Crippen LogP contribution in [0, 0.1) is 0 Å². The fourth-order valence-electron chi connectivity index (χ4n) is 3.82. The zero-order chi connectivity index (χ0) is 19.5. The van der Waals surface area contributed by atoms with E-state index in [0.29, 0.717) is 6.04 Å². The van der Waals surface area contributed by atoms with Crippen molar-refractivity contribution in [2.24, 2.45) is 0 Å². The van der Waals surface area contributed by atoms with Crippen molar-refractivity contribution < 1.29 is 4.74 Å². The highest BCUT2D eigenvalue weighted by Crippen LogP contribution is 2.35. The lowest BCUT2D eigenvalue weighted by Crippen LogP contribution is -2.35. The number of methoxy groups -OCH3 is 1. The van der Waals surface area contributed by atoms with Gasteiger partial charge in [0.25, 0.3) is 0 Å². The summed E-state index contributed by atoms with van der Waals surface area (Å²) in [5.74, 6) is 0.895. The molecule has 4 heteroatoms. The van der Waals surface area contributed by atoms with E-state index < -0.39 is 0 Å². The summed E-state index contributed by atoms with van der Waals surface area (Å²) in [4.78, 5) is 8.47. The first-order valence-electron chi connectivity index (χ1n) is 10.0. The van der Waals surface area contributed by atoms with Crippen LogP contribution in [-0.4, -0.2) is 36.1 Å². The van der Waals surface area contributed by atoms with E-state index in [0.717, 1.165) is 25.3 Å². The number of aromatic nitrogens is 1. The Morgan fingerprint density at radius 3 is 2.79 bits per heavy atom. The van der Waals surface area contributed by atoms with E-state index in [1.165, 1.54) is 38.3 Å². The Hall–Kier alpha value is -2.17. The second kappa shape index (κ2) is 8.46. The zero-order valence-electron chi connectivity index (χ0n) is 16.9. The van der Waals surface area contributed by atoms with Crippen LogP contribution in [0.1, 0.15) is 32.3 Å². The first kappa shape index (κ1) is 19.2. The predicted molar refractivity (Wildman–Crippen MR) is 119 cm³/mol. The van der Waals surface area contributed by atoms with Crippen molar-refractivity contribution in [3.63, 3.8) is 0 Å². The molecular weight excluding hydrogens is 364 g/mol. The highest BCUT2D eigenvalue weighted by Gasteiger charge is 2.18. The molecule has 4 rings (SSSR count). The molecule has 3 aromatic rings. The van der Waals surface area contributed by atoms with Gasteiger partial charge in [-0.3, -0.25) is 4.90 Å². The molecule has 2 aromatic carbocycles. The summed E-state index contributed by atoms with van der Waals surface area (Å²) >= 11 is 1.78. The Kier molecular flexibility index (Phi) is 5.79. The lowest BCUT2D eigenvalue weighted by atomic mass is 9.98. The summed E-state index contributed by atoms with van der Waals surface area (Å²) < 4.78 is 5.35. The zero-order valence-corrected chi connectivity index (χ0v) is 17.7. The maximum Gasteiger partial charge on any atom is 0.119 e. The van der Waals surface area contributed by atoms with Gasteiger partial charge in [-0.1, -0.05) is 30.8 Å². The van der Waals surface area contributed by atoms with Gasteiger partial charge in [0, 0.05) is 51.6 Å². The molecule has 0 radical (unpaired) electrons. The first-order chi connectivity index (χ1) is 13.7. The minimum absolute atomic E-state index is 0.659. The molecule has 1 aliphatic rings. The largest absolute Gasteiger partial charge is 0.497 e. The van der Waals surface area contributed by atoms with E-state index in [9.17, 15) is 0 Å². The maximum absolute atomic E-state index is 5.35. The van der Waals surface area contributed by atoms with E-state index in [1.54, 1.807) is 18.9 Å². The highest BCUT2D eigenvalue weighted by molar-refractivity contribution is 7.99. The van der Waals surface area contributed by atoms with Crippen molar-refractivity contribution in [2.45, 2.75) is 42.5 Å². The monoisotopic (exact) mass is 392 g/mol. The molecule has 0 aliphatic carbocycles. The molecule has 1 unspecified atom stereocenters. The molecule has 2 heterocycles. The number of hydrogen-bond donors (Lipinski definition) is 1. The number of fused-ring (bicyclic) bond motifs is 1. The van der Waals surface area contributed by atoms with Crippen LogP contribution >= 0.6 is 11.8 Å². The normalized spacial score (nSPS) is 16.2.